The molecule has 2 fully saturated rings. The van der Waals surface area contributed by atoms with Gasteiger partial charge in [0, 0.05) is 18.0 Å². The first-order valence-corrected chi connectivity index (χ1v) is 5.81. The summed E-state index contributed by atoms with van der Waals surface area (Å²) >= 11 is 0. The van der Waals surface area contributed by atoms with Crippen molar-refractivity contribution >= 4 is 5.91 Å². The van der Waals surface area contributed by atoms with Gasteiger partial charge in [0.1, 0.15) is 0 Å². The van der Waals surface area contributed by atoms with Gasteiger partial charge >= 0.3 is 0 Å². The van der Waals surface area contributed by atoms with Crippen molar-refractivity contribution in [1.29, 1.82) is 0 Å². The quantitative estimate of drug-likeness (QED) is 0.693. The predicted molar refractivity (Wildman–Crippen MR) is 56.0 cm³/mol. The van der Waals surface area contributed by atoms with Crippen molar-refractivity contribution in [2.75, 3.05) is 6.54 Å². The summed E-state index contributed by atoms with van der Waals surface area (Å²) in [6, 6.07) is 0.796. The van der Waals surface area contributed by atoms with Gasteiger partial charge in [-0.25, -0.2) is 0 Å². The normalized spacial score (nSPS) is 33.5. The van der Waals surface area contributed by atoms with E-state index in [0.717, 1.165) is 25.8 Å². The molecule has 1 amide bonds. The number of rotatable bonds is 2. The van der Waals surface area contributed by atoms with Gasteiger partial charge in [0.25, 0.3) is 0 Å². The van der Waals surface area contributed by atoms with Crippen molar-refractivity contribution in [2.45, 2.75) is 51.1 Å². The van der Waals surface area contributed by atoms with Crippen LogP contribution in [0.15, 0.2) is 0 Å². The zero-order valence-electron chi connectivity index (χ0n) is 8.88. The van der Waals surface area contributed by atoms with Crippen LogP contribution in [-0.2, 0) is 4.79 Å². The fourth-order valence-electron chi connectivity index (χ4n) is 2.21. The van der Waals surface area contributed by atoms with E-state index >= 15 is 0 Å². The second-order valence-electron chi connectivity index (χ2n) is 4.63. The van der Waals surface area contributed by atoms with Crippen molar-refractivity contribution < 1.29 is 4.79 Å². The molecule has 2 aliphatic rings. The van der Waals surface area contributed by atoms with Gasteiger partial charge in [-0.15, -0.1) is 0 Å². The van der Waals surface area contributed by atoms with Crippen LogP contribution in [-0.4, -0.2) is 24.5 Å². The molecule has 0 aromatic rings. The van der Waals surface area contributed by atoms with Crippen molar-refractivity contribution in [2.24, 2.45) is 5.92 Å². The van der Waals surface area contributed by atoms with Crippen LogP contribution in [0.4, 0.5) is 0 Å². The zero-order valence-corrected chi connectivity index (χ0v) is 8.88. The van der Waals surface area contributed by atoms with E-state index in [1.54, 1.807) is 0 Å². The maximum atomic E-state index is 11.7. The minimum atomic E-state index is 0.289. The first-order valence-electron chi connectivity index (χ1n) is 5.81. The number of carbonyl (C=O) groups is 1. The van der Waals surface area contributed by atoms with Crippen molar-refractivity contribution in [3.05, 3.63) is 0 Å². The molecule has 3 heteroatoms. The Morgan fingerprint density at radius 3 is 2.64 bits per heavy atom. The molecule has 3 nitrogen and oxygen atoms in total. The van der Waals surface area contributed by atoms with Crippen LogP contribution in [0.1, 0.15) is 39.0 Å². The van der Waals surface area contributed by atoms with Crippen LogP contribution in [0.25, 0.3) is 0 Å². The Bertz CT molecular complexity index is 213. The average molecular weight is 196 g/mol. The molecule has 0 spiro atoms. The van der Waals surface area contributed by atoms with Crippen molar-refractivity contribution in [3.63, 3.8) is 0 Å². The Labute approximate surface area is 85.6 Å². The summed E-state index contributed by atoms with van der Waals surface area (Å²) in [6.45, 7) is 3.25. The summed E-state index contributed by atoms with van der Waals surface area (Å²) in [6.07, 6.45) is 5.74. The third-order valence-corrected chi connectivity index (χ3v) is 3.57. The molecule has 2 rings (SSSR count). The molecule has 1 aliphatic carbocycles. The Morgan fingerprint density at radius 1 is 1.29 bits per heavy atom. The molecule has 0 aromatic carbocycles. The van der Waals surface area contributed by atoms with Gasteiger partial charge in [-0.05, 0) is 39.2 Å². The Balaban J connectivity index is 1.79. The largest absolute Gasteiger partial charge is 0.352 e. The summed E-state index contributed by atoms with van der Waals surface area (Å²) in [5.74, 6) is 0.612. The summed E-state index contributed by atoms with van der Waals surface area (Å²) in [5.41, 5.74) is 0. The average Bonchev–Trinajstić information content (AvgIpc) is 2.05. The monoisotopic (exact) mass is 196 g/mol. The van der Waals surface area contributed by atoms with Gasteiger partial charge in [-0.2, -0.15) is 0 Å². The third kappa shape index (κ3) is 2.08. The molecule has 1 saturated carbocycles. The van der Waals surface area contributed by atoms with E-state index in [4.69, 9.17) is 0 Å². The number of hydrogen-bond acceptors (Lipinski definition) is 2. The van der Waals surface area contributed by atoms with Crippen LogP contribution in [0.5, 0.6) is 0 Å². The van der Waals surface area contributed by atoms with E-state index in [-0.39, 0.29) is 5.91 Å². The van der Waals surface area contributed by atoms with Crippen LogP contribution >= 0.6 is 0 Å². The first kappa shape index (κ1) is 9.97. The molecule has 2 atom stereocenters. The highest BCUT2D eigenvalue weighted by atomic mass is 16.2. The standard InChI is InChI=1S/C11H20N2O/c1-8-10(6-3-7-12-8)13-11(14)9-4-2-5-9/h8-10,12H,2-7H2,1H3,(H,13,14). The molecule has 80 valence electrons. The van der Waals surface area contributed by atoms with Crippen molar-refractivity contribution in [1.82, 2.24) is 10.6 Å². The molecule has 0 bridgehead atoms. The highest BCUT2D eigenvalue weighted by Gasteiger charge is 2.29. The number of nitrogens with one attached hydrogen (secondary N) is 2. The van der Waals surface area contributed by atoms with E-state index in [0.29, 0.717) is 18.0 Å². The first-order chi connectivity index (χ1) is 6.77. The second-order valence-corrected chi connectivity index (χ2v) is 4.63. The lowest BCUT2D eigenvalue weighted by Crippen LogP contribution is -2.53. The van der Waals surface area contributed by atoms with Crippen LogP contribution in [0, 0.1) is 5.92 Å². The fourth-order valence-corrected chi connectivity index (χ4v) is 2.21. The summed E-state index contributed by atoms with van der Waals surface area (Å²) < 4.78 is 0. The molecular weight excluding hydrogens is 176 g/mol. The van der Waals surface area contributed by atoms with Gasteiger partial charge in [0.05, 0.1) is 0 Å². The Kier molecular flexibility index (Phi) is 3.06. The highest BCUT2D eigenvalue weighted by Crippen LogP contribution is 2.26. The molecule has 0 aromatic heterocycles. The van der Waals surface area contributed by atoms with E-state index in [1.807, 2.05) is 0 Å². The molecule has 14 heavy (non-hydrogen) atoms. The van der Waals surface area contributed by atoms with E-state index in [9.17, 15) is 4.79 Å². The zero-order chi connectivity index (χ0) is 9.97. The minimum Gasteiger partial charge on any atom is -0.352 e. The smallest absolute Gasteiger partial charge is 0.223 e. The SMILES string of the molecule is CC1NCCCC1NC(=O)C1CCC1. The summed E-state index contributed by atoms with van der Waals surface area (Å²) in [4.78, 5) is 11.7. The van der Waals surface area contributed by atoms with E-state index in [1.165, 1.54) is 12.8 Å². The van der Waals surface area contributed by atoms with E-state index < -0.39 is 0 Å². The Morgan fingerprint density at radius 2 is 2.07 bits per heavy atom. The third-order valence-electron chi connectivity index (χ3n) is 3.57. The lowest BCUT2D eigenvalue weighted by atomic mass is 9.84. The summed E-state index contributed by atoms with van der Waals surface area (Å²) in [5, 5.41) is 6.57. The number of hydrogen-bond donors (Lipinski definition) is 2. The maximum Gasteiger partial charge on any atom is 0.223 e. The van der Waals surface area contributed by atoms with Gasteiger partial charge < -0.3 is 10.6 Å². The number of piperidine rings is 1. The highest BCUT2D eigenvalue weighted by molar-refractivity contribution is 5.79. The lowest BCUT2D eigenvalue weighted by molar-refractivity contribution is -0.128. The summed E-state index contributed by atoms with van der Waals surface area (Å²) in [7, 11) is 0. The second kappa shape index (κ2) is 4.30. The molecule has 1 heterocycles. The van der Waals surface area contributed by atoms with Crippen LogP contribution in [0.3, 0.4) is 0 Å². The van der Waals surface area contributed by atoms with Gasteiger partial charge in [0.15, 0.2) is 0 Å². The lowest BCUT2D eigenvalue weighted by Gasteiger charge is -2.33. The van der Waals surface area contributed by atoms with Crippen LogP contribution in [0.2, 0.25) is 0 Å². The number of carbonyl (C=O) groups excluding carboxylic acids is 1. The van der Waals surface area contributed by atoms with E-state index in [2.05, 4.69) is 17.6 Å². The predicted octanol–water partition coefficient (Wildman–Crippen LogP) is 1.04. The van der Waals surface area contributed by atoms with Gasteiger partial charge in [-0.3, -0.25) is 4.79 Å². The van der Waals surface area contributed by atoms with Crippen LogP contribution < -0.4 is 10.6 Å². The fraction of sp³-hybridized carbons (Fsp3) is 0.909. The molecule has 2 N–H and O–H groups in total. The molecular formula is C11H20N2O. The molecule has 2 unspecified atom stereocenters. The van der Waals surface area contributed by atoms with Crippen molar-refractivity contribution in [3.8, 4) is 0 Å². The van der Waals surface area contributed by atoms with Gasteiger partial charge in [0.2, 0.25) is 5.91 Å². The molecule has 1 saturated heterocycles. The molecule has 1 aliphatic heterocycles. The maximum absolute atomic E-state index is 11.7. The Hall–Kier alpha value is -0.570. The molecule has 0 radical (unpaired) electrons. The topological polar surface area (TPSA) is 41.1 Å². The van der Waals surface area contributed by atoms with Gasteiger partial charge in [-0.1, -0.05) is 6.42 Å². The number of amides is 1. The minimum absolute atomic E-state index is 0.289.